The fraction of sp³-hybridized carbons (Fsp3) is 0.533. The highest BCUT2D eigenvalue weighted by molar-refractivity contribution is 7.07. The van der Waals surface area contributed by atoms with Gasteiger partial charge in [0, 0.05) is 36.1 Å². The number of rotatable bonds is 4. The van der Waals surface area contributed by atoms with E-state index in [1.54, 1.807) is 5.51 Å². The van der Waals surface area contributed by atoms with E-state index in [1.807, 2.05) is 10.3 Å². The van der Waals surface area contributed by atoms with Crippen LogP contribution in [0.3, 0.4) is 0 Å². The summed E-state index contributed by atoms with van der Waals surface area (Å²) in [5, 5.41) is 9.40. The number of H-pyrrole nitrogens is 1. The Balaban J connectivity index is 1.75. The number of nitrogens with one attached hydrogen (secondary N) is 1. The van der Waals surface area contributed by atoms with Crippen LogP contribution in [0.4, 0.5) is 0 Å². The van der Waals surface area contributed by atoms with Crippen molar-refractivity contribution in [2.24, 2.45) is 5.92 Å². The van der Waals surface area contributed by atoms with Crippen molar-refractivity contribution in [3.8, 4) is 0 Å². The first-order valence-corrected chi connectivity index (χ1v) is 8.32. The van der Waals surface area contributed by atoms with Crippen LogP contribution in [-0.2, 0) is 19.4 Å². The Bertz CT molecular complexity index is 618. The van der Waals surface area contributed by atoms with Gasteiger partial charge in [0.2, 0.25) is 0 Å². The Hall–Kier alpha value is -1.69. The maximum Gasteiger partial charge on any atom is 0.273 e. The molecule has 0 saturated carbocycles. The van der Waals surface area contributed by atoms with Crippen LogP contribution in [0, 0.1) is 5.92 Å². The van der Waals surface area contributed by atoms with Crippen LogP contribution in [0.1, 0.15) is 47.7 Å². The minimum Gasteiger partial charge on any atom is -0.332 e. The van der Waals surface area contributed by atoms with E-state index in [0.717, 1.165) is 31.5 Å². The van der Waals surface area contributed by atoms with Gasteiger partial charge in [-0.15, -0.1) is 11.3 Å². The van der Waals surface area contributed by atoms with Gasteiger partial charge in [0.15, 0.2) is 0 Å². The van der Waals surface area contributed by atoms with Gasteiger partial charge in [0.05, 0.1) is 11.2 Å². The van der Waals surface area contributed by atoms with Crippen molar-refractivity contribution in [3.63, 3.8) is 0 Å². The van der Waals surface area contributed by atoms with Crippen LogP contribution in [0.2, 0.25) is 0 Å². The molecule has 3 heterocycles. The van der Waals surface area contributed by atoms with Crippen molar-refractivity contribution in [1.82, 2.24) is 20.1 Å². The summed E-state index contributed by atoms with van der Waals surface area (Å²) in [4.78, 5) is 18.4. The Morgan fingerprint density at radius 3 is 3.10 bits per heavy atom. The molecule has 0 radical (unpaired) electrons. The molecule has 0 saturated heterocycles. The molecule has 1 amide bonds. The normalized spacial score (nSPS) is 14.5. The lowest BCUT2D eigenvalue weighted by Crippen LogP contribution is -2.36. The number of fused-ring (bicyclic) bond motifs is 1. The van der Waals surface area contributed by atoms with E-state index >= 15 is 0 Å². The molecule has 0 spiro atoms. The zero-order chi connectivity index (χ0) is 14.8. The second kappa shape index (κ2) is 5.97. The number of aromatic amines is 1. The Morgan fingerprint density at radius 1 is 1.52 bits per heavy atom. The second-order valence-electron chi connectivity index (χ2n) is 5.91. The summed E-state index contributed by atoms with van der Waals surface area (Å²) in [6.45, 7) is 5.82. The molecule has 0 aliphatic carbocycles. The molecule has 0 aromatic carbocycles. The number of aromatic nitrogens is 3. The first kappa shape index (κ1) is 14.3. The van der Waals surface area contributed by atoms with E-state index in [4.69, 9.17) is 0 Å². The number of amides is 1. The molecule has 2 aromatic heterocycles. The highest BCUT2D eigenvalue weighted by Crippen LogP contribution is 2.23. The molecule has 1 aliphatic rings. The predicted octanol–water partition coefficient (Wildman–Crippen LogP) is 2.65. The summed E-state index contributed by atoms with van der Waals surface area (Å²) in [6, 6.07) is 0. The summed E-state index contributed by atoms with van der Waals surface area (Å²) in [5.74, 6) is 0.687. The fourth-order valence-electron chi connectivity index (χ4n) is 2.64. The van der Waals surface area contributed by atoms with Gasteiger partial charge in [-0.25, -0.2) is 4.98 Å². The third-order valence-electron chi connectivity index (χ3n) is 3.92. The first-order chi connectivity index (χ1) is 10.1. The van der Waals surface area contributed by atoms with Crippen molar-refractivity contribution in [2.45, 2.75) is 39.7 Å². The highest BCUT2D eigenvalue weighted by atomic mass is 32.1. The highest BCUT2D eigenvalue weighted by Gasteiger charge is 2.26. The maximum absolute atomic E-state index is 12.4. The van der Waals surface area contributed by atoms with E-state index < -0.39 is 0 Å². The lowest BCUT2D eigenvalue weighted by molar-refractivity contribution is 0.0728. The summed E-state index contributed by atoms with van der Waals surface area (Å²) in [7, 11) is 0. The molecule has 1 N–H and O–H groups in total. The van der Waals surface area contributed by atoms with Gasteiger partial charge in [-0.2, -0.15) is 5.10 Å². The molecule has 0 atom stereocenters. The van der Waals surface area contributed by atoms with Crippen LogP contribution in [0.25, 0.3) is 0 Å². The lowest BCUT2D eigenvalue weighted by atomic mass is 10.00. The van der Waals surface area contributed by atoms with E-state index in [2.05, 4.69) is 29.0 Å². The zero-order valence-electron chi connectivity index (χ0n) is 12.4. The zero-order valence-corrected chi connectivity index (χ0v) is 13.2. The predicted molar refractivity (Wildman–Crippen MR) is 82.3 cm³/mol. The molecule has 6 heteroatoms. The standard InChI is InChI=1S/C15H20N4OS/c1-10(2)3-4-12-11-7-19(6-5-13(11)18-17-12)15(20)14-8-21-9-16-14/h8-10H,3-7H2,1-2H3,(H,17,18). The van der Waals surface area contributed by atoms with Gasteiger partial charge in [0.1, 0.15) is 5.69 Å². The van der Waals surface area contributed by atoms with Crippen molar-refractivity contribution in [1.29, 1.82) is 0 Å². The molecule has 0 unspecified atom stereocenters. The van der Waals surface area contributed by atoms with Gasteiger partial charge in [0.25, 0.3) is 5.91 Å². The Kier molecular flexibility index (Phi) is 4.05. The molecule has 0 bridgehead atoms. The molecule has 3 rings (SSSR count). The van der Waals surface area contributed by atoms with Crippen molar-refractivity contribution in [3.05, 3.63) is 33.5 Å². The number of nitrogens with zero attached hydrogens (tertiary/aromatic N) is 3. The average Bonchev–Trinajstić information content (AvgIpc) is 3.13. The van der Waals surface area contributed by atoms with Gasteiger partial charge in [-0.3, -0.25) is 9.89 Å². The second-order valence-corrected chi connectivity index (χ2v) is 6.63. The first-order valence-electron chi connectivity index (χ1n) is 7.37. The van der Waals surface area contributed by atoms with Crippen LogP contribution in [0.5, 0.6) is 0 Å². The minimum atomic E-state index is 0.0258. The van der Waals surface area contributed by atoms with E-state index in [0.29, 0.717) is 18.2 Å². The molecule has 0 fully saturated rings. The molecule has 1 aliphatic heterocycles. The smallest absolute Gasteiger partial charge is 0.273 e. The largest absolute Gasteiger partial charge is 0.332 e. The molecule has 112 valence electrons. The van der Waals surface area contributed by atoms with Crippen LogP contribution in [-0.4, -0.2) is 32.5 Å². The van der Waals surface area contributed by atoms with Crippen LogP contribution >= 0.6 is 11.3 Å². The van der Waals surface area contributed by atoms with Crippen molar-refractivity contribution >= 4 is 17.2 Å². The van der Waals surface area contributed by atoms with Crippen molar-refractivity contribution in [2.75, 3.05) is 6.54 Å². The number of carbonyl (C=O) groups excluding carboxylic acids is 1. The third kappa shape index (κ3) is 3.00. The number of aryl methyl sites for hydroxylation is 1. The number of thiazole rings is 1. The minimum absolute atomic E-state index is 0.0258. The SMILES string of the molecule is CC(C)CCc1n[nH]c2c1CN(C(=O)c1cscn1)CC2. The van der Waals surface area contributed by atoms with E-state index in [1.165, 1.54) is 22.6 Å². The van der Waals surface area contributed by atoms with Crippen LogP contribution in [0.15, 0.2) is 10.9 Å². The molecule has 2 aromatic rings. The van der Waals surface area contributed by atoms with E-state index in [9.17, 15) is 4.79 Å². The molecular formula is C15H20N4OS. The fourth-order valence-corrected chi connectivity index (χ4v) is 3.17. The summed E-state index contributed by atoms with van der Waals surface area (Å²) >= 11 is 1.46. The average molecular weight is 304 g/mol. The monoisotopic (exact) mass is 304 g/mol. The molecule has 5 nitrogen and oxygen atoms in total. The van der Waals surface area contributed by atoms with Gasteiger partial charge in [-0.05, 0) is 18.8 Å². The van der Waals surface area contributed by atoms with Gasteiger partial charge >= 0.3 is 0 Å². The summed E-state index contributed by atoms with van der Waals surface area (Å²) < 4.78 is 0. The molecular weight excluding hydrogens is 284 g/mol. The summed E-state index contributed by atoms with van der Waals surface area (Å²) in [5.41, 5.74) is 5.78. The van der Waals surface area contributed by atoms with Gasteiger partial charge < -0.3 is 4.90 Å². The number of hydrogen-bond donors (Lipinski definition) is 1. The Labute approximate surface area is 128 Å². The summed E-state index contributed by atoms with van der Waals surface area (Å²) in [6.07, 6.45) is 2.94. The topological polar surface area (TPSA) is 61.9 Å². The lowest BCUT2D eigenvalue weighted by Gasteiger charge is -2.26. The maximum atomic E-state index is 12.4. The van der Waals surface area contributed by atoms with Crippen LogP contribution < -0.4 is 0 Å². The Morgan fingerprint density at radius 2 is 2.38 bits per heavy atom. The molecule has 21 heavy (non-hydrogen) atoms. The quantitative estimate of drug-likeness (QED) is 0.944. The number of carbonyl (C=O) groups is 1. The van der Waals surface area contributed by atoms with Crippen molar-refractivity contribution < 1.29 is 4.79 Å². The third-order valence-corrected chi connectivity index (χ3v) is 4.50. The number of hydrogen-bond acceptors (Lipinski definition) is 4. The van der Waals surface area contributed by atoms with E-state index in [-0.39, 0.29) is 5.91 Å². The van der Waals surface area contributed by atoms with Gasteiger partial charge in [-0.1, -0.05) is 13.8 Å².